The standard InChI is InChI=1S/C23H17FN4/c24-20-13-11-17(12-14-20)16-25-28-22-15-21(18-7-3-1-4-8-18)26-23(27-22)19-9-5-2-6-10-19/h1-16H,(H,26,27,28). The SMILES string of the molecule is Fc1ccc(C=NNc2cc(-c3ccccc3)nc(-c3ccccc3)n2)cc1. The lowest BCUT2D eigenvalue weighted by Crippen LogP contribution is -1.99. The number of rotatable bonds is 5. The van der Waals surface area contributed by atoms with Crippen molar-refractivity contribution in [3.8, 4) is 22.6 Å². The third-order valence-electron chi connectivity index (χ3n) is 4.09. The molecule has 0 bridgehead atoms. The van der Waals surface area contributed by atoms with Crippen LogP contribution in [-0.2, 0) is 0 Å². The van der Waals surface area contributed by atoms with Crippen LogP contribution in [0.15, 0.2) is 96.1 Å². The smallest absolute Gasteiger partial charge is 0.162 e. The number of benzene rings is 3. The predicted octanol–water partition coefficient (Wildman–Crippen LogP) is 5.40. The summed E-state index contributed by atoms with van der Waals surface area (Å²) < 4.78 is 13.0. The average molecular weight is 368 g/mol. The maximum Gasteiger partial charge on any atom is 0.162 e. The van der Waals surface area contributed by atoms with Gasteiger partial charge in [-0.15, -0.1) is 0 Å². The Morgan fingerprint density at radius 1 is 0.750 bits per heavy atom. The number of nitrogens with one attached hydrogen (secondary N) is 1. The Hall–Kier alpha value is -3.86. The molecule has 0 saturated carbocycles. The first kappa shape index (κ1) is 17.5. The topological polar surface area (TPSA) is 50.2 Å². The minimum Gasteiger partial charge on any atom is -0.261 e. The van der Waals surface area contributed by atoms with Crippen LogP contribution in [0, 0.1) is 5.82 Å². The molecular formula is C23H17FN4. The maximum absolute atomic E-state index is 13.0. The highest BCUT2D eigenvalue weighted by Crippen LogP contribution is 2.24. The highest BCUT2D eigenvalue weighted by atomic mass is 19.1. The fraction of sp³-hybridized carbons (Fsp3) is 0. The van der Waals surface area contributed by atoms with Crippen molar-refractivity contribution in [1.29, 1.82) is 0 Å². The van der Waals surface area contributed by atoms with Crippen LogP contribution in [0.5, 0.6) is 0 Å². The predicted molar refractivity (Wildman–Crippen MR) is 111 cm³/mol. The highest BCUT2D eigenvalue weighted by Gasteiger charge is 2.08. The zero-order valence-corrected chi connectivity index (χ0v) is 15.0. The fourth-order valence-corrected chi connectivity index (χ4v) is 2.70. The zero-order valence-electron chi connectivity index (χ0n) is 15.0. The average Bonchev–Trinajstić information content (AvgIpc) is 2.76. The van der Waals surface area contributed by atoms with Gasteiger partial charge in [0.05, 0.1) is 11.9 Å². The number of halogens is 1. The van der Waals surface area contributed by atoms with Gasteiger partial charge in [-0.1, -0.05) is 72.8 Å². The summed E-state index contributed by atoms with van der Waals surface area (Å²) in [4.78, 5) is 9.28. The lowest BCUT2D eigenvalue weighted by Gasteiger charge is -2.08. The number of hydrogen-bond acceptors (Lipinski definition) is 4. The van der Waals surface area contributed by atoms with E-state index in [1.807, 2.05) is 66.7 Å². The van der Waals surface area contributed by atoms with E-state index in [4.69, 9.17) is 4.98 Å². The van der Waals surface area contributed by atoms with E-state index in [1.54, 1.807) is 18.3 Å². The number of hydrogen-bond donors (Lipinski definition) is 1. The molecule has 0 unspecified atom stereocenters. The van der Waals surface area contributed by atoms with Gasteiger partial charge in [0.1, 0.15) is 5.82 Å². The summed E-state index contributed by atoms with van der Waals surface area (Å²) >= 11 is 0. The van der Waals surface area contributed by atoms with Gasteiger partial charge in [-0.3, -0.25) is 5.43 Å². The minimum atomic E-state index is -0.277. The van der Waals surface area contributed by atoms with Gasteiger partial charge in [0.2, 0.25) is 0 Å². The second kappa shape index (κ2) is 8.22. The van der Waals surface area contributed by atoms with Crippen LogP contribution in [0.1, 0.15) is 5.56 Å². The number of anilines is 1. The largest absolute Gasteiger partial charge is 0.261 e. The Bertz CT molecular complexity index is 1020. The van der Waals surface area contributed by atoms with Crippen LogP contribution in [0.3, 0.4) is 0 Å². The van der Waals surface area contributed by atoms with Gasteiger partial charge < -0.3 is 0 Å². The normalized spacial score (nSPS) is 10.9. The lowest BCUT2D eigenvalue weighted by atomic mass is 10.1. The summed E-state index contributed by atoms with van der Waals surface area (Å²) in [7, 11) is 0. The molecule has 0 aliphatic heterocycles. The molecule has 0 radical (unpaired) electrons. The Labute approximate surface area is 162 Å². The summed E-state index contributed by atoms with van der Waals surface area (Å²) in [6, 6.07) is 27.7. The van der Waals surface area contributed by atoms with E-state index in [-0.39, 0.29) is 5.82 Å². The van der Waals surface area contributed by atoms with Crippen molar-refractivity contribution < 1.29 is 4.39 Å². The molecule has 4 aromatic rings. The molecule has 0 spiro atoms. The molecule has 136 valence electrons. The zero-order chi connectivity index (χ0) is 19.2. The monoisotopic (exact) mass is 368 g/mol. The molecule has 4 nitrogen and oxygen atoms in total. The van der Waals surface area contributed by atoms with Crippen molar-refractivity contribution >= 4 is 12.0 Å². The molecule has 5 heteroatoms. The molecule has 28 heavy (non-hydrogen) atoms. The van der Waals surface area contributed by atoms with Crippen molar-refractivity contribution in [2.45, 2.75) is 0 Å². The molecule has 0 aliphatic carbocycles. The maximum atomic E-state index is 13.0. The lowest BCUT2D eigenvalue weighted by molar-refractivity contribution is 0.628. The van der Waals surface area contributed by atoms with E-state index >= 15 is 0 Å². The molecule has 0 amide bonds. The van der Waals surface area contributed by atoms with E-state index in [2.05, 4.69) is 15.5 Å². The van der Waals surface area contributed by atoms with Crippen LogP contribution in [-0.4, -0.2) is 16.2 Å². The molecule has 1 N–H and O–H groups in total. The first-order chi connectivity index (χ1) is 13.8. The van der Waals surface area contributed by atoms with Crippen LogP contribution >= 0.6 is 0 Å². The third-order valence-corrected chi connectivity index (χ3v) is 4.09. The summed E-state index contributed by atoms with van der Waals surface area (Å²) in [5, 5.41) is 4.22. The number of nitrogens with zero attached hydrogens (tertiary/aromatic N) is 3. The van der Waals surface area contributed by atoms with Crippen molar-refractivity contribution in [3.05, 3.63) is 102 Å². The molecule has 0 atom stereocenters. The summed E-state index contributed by atoms with van der Waals surface area (Å²) in [5.74, 6) is 0.911. The van der Waals surface area contributed by atoms with Crippen LogP contribution in [0.4, 0.5) is 10.2 Å². The molecule has 0 saturated heterocycles. The molecule has 1 aromatic heterocycles. The van der Waals surface area contributed by atoms with Gasteiger partial charge in [0, 0.05) is 17.2 Å². The highest BCUT2D eigenvalue weighted by molar-refractivity contribution is 5.80. The van der Waals surface area contributed by atoms with Gasteiger partial charge in [-0.25, -0.2) is 14.4 Å². The van der Waals surface area contributed by atoms with Crippen LogP contribution < -0.4 is 5.43 Å². The molecular weight excluding hydrogens is 351 g/mol. The Balaban J connectivity index is 1.66. The van der Waals surface area contributed by atoms with Gasteiger partial charge in [-0.2, -0.15) is 5.10 Å². The number of aromatic nitrogens is 2. The molecule has 0 aliphatic rings. The first-order valence-electron chi connectivity index (χ1n) is 8.82. The van der Waals surface area contributed by atoms with E-state index in [0.717, 1.165) is 22.4 Å². The van der Waals surface area contributed by atoms with Crippen LogP contribution in [0.2, 0.25) is 0 Å². The third kappa shape index (κ3) is 4.27. The van der Waals surface area contributed by atoms with E-state index < -0.39 is 0 Å². The van der Waals surface area contributed by atoms with E-state index in [0.29, 0.717) is 11.6 Å². The van der Waals surface area contributed by atoms with Gasteiger partial charge in [0.15, 0.2) is 11.6 Å². The van der Waals surface area contributed by atoms with E-state index in [9.17, 15) is 4.39 Å². The quantitative estimate of drug-likeness (QED) is 0.379. The van der Waals surface area contributed by atoms with Crippen molar-refractivity contribution in [2.75, 3.05) is 5.43 Å². The first-order valence-corrected chi connectivity index (χ1v) is 8.82. The molecule has 3 aromatic carbocycles. The summed E-state index contributed by atoms with van der Waals surface area (Å²) in [5.41, 5.74) is 6.45. The van der Waals surface area contributed by atoms with Crippen molar-refractivity contribution in [2.24, 2.45) is 5.10 Å². The minimum absolute atomic E-state index is 0.277. The Kier molecular flexibility index (Phi) is 5.15. The van der Waals surface area contributed by atoms with Crippen molar-refractivity contribution in [1.82, 2.24) is 9.97 Å². The Morgan fingerprint density at radius 3 is 2.07 bits per heavy atom. The Morgan fingerprint density at radius 2 is 1.39 bits per heavy atom. The molecule has 0 fully saturated rings. The second-order valence-electron chi connectivity index (χ2n) is 6.12. The van der Waals surface area contributed by atoms with E-state index in [1.165, 1.54) is 12.1 Å². The van der Waals surface area contributed by atoms with Gasteiger partial charge in [-0.05, 0) is 17.7 Å². The summed E-state index contributed by atoms with van der Waals surface area (Å²) in [6.07, 6.45) is 1.62. The van der Waals surface area contributed by atoms with Gasteiger partial charge in [0.25, 0.3) is 0 Å². The van der Waals surface area contributed by atoms with Crippen molar-refractivity contribution in [3.63, 3.8) is 0 Å². The number of hydrazone groups is 1. The van der Waals surface area contributed by atoms with Gasteiger partial charge >= 0.3 is 0 Å². The fourth-order valence-electron chi connectivity index (χ4n) is 2.70. The molecule has 1 heterocycles. The second-order valence-corrected chi connectivity index (χ2v) is 6.12. The van der Waals surface area contributed by atoms with Crippen LogP contribution in [0.25, 0.3) is 22.6 Å². The summed E-state index contributed by atoms with van der Waals surface area (Å²) in [6.45, 7) is 0. The molecule has 4 rings (SSSR count).